The monoisotopic (exact) mass is 362 g/mol. The summed E-state index contributed by atoms with van der Waals surface area (Å²) in [7, 11) is 0. The van der Waals surface area contributed by atoms with Crippen LogP contribution in [-0.4, -0.2) is 9.55 Å². The molecule has 0 aliphatic rings. The minimum atomic E-state index is -0.132. The average molecular weight is 363 g/mol. The first-order chi connectivity index (χ1) is 12.7. The molecule has 0 N–H and O–H groups in total. The smallest absolute Gasteiger partial charge is 0.261 e. The fourth-order valence-electron chi connectivity index (χ4n) is 2.78. The predicted octanol–water partition coefficient (Wildman–Crippen LogP) is 4.89. The Morgan fingerprint density at radius 1 is 0.962 bits per heavy atom. The van der Waals surface area contributed by atoms with Crippen LogP contribution >= 0.6 is 11.6 Å². The molecule has 0 unspecified atom stereocenters. The summed E-state index contributed by atoms with van der Waals surface area (Å²) < 4.78 is 7.53. The van der Waals surface area contributed by atoms with Crippen molar-refractivity contribution >= 4 is 22.5 Å². The van der Waals surface area contributed by atoms with Gasteiger partial charge in [0.15, 0.2) is 0 Å². The third kappa shape index (κ3) is 3.32. The highest BCUT2D eigenvalue weighted by molar-refractivity contribution is 6.31. The van der Waals surface area contributed by atoms with Crippen molar-refractivity contribution in [2.24, 2.45) is 0 Å². The zero-order valence-corrected chi connectivity index (χ0v) is 14.6. The standard InChI is InChI=1S/C21H15ClN2O2/c22-16-10-11-19-18(12-16)21(25)24(14-23-19)13-15-6-4-5-9-20(15)26-17-7-2-1-3-8-17/h1-12,14H,13H2. The van der Waals surface area contributed by atoms with Gasteiger partial charge in [-0.25, -0.2) is 4.98 Å². The SMILES string of the molecule is O=c1c2cc(Cl)ccc2ncn1Cc1ccccc1Oc1ccccc1. The van der Waals surface area contributed by atoms with Gasteiger partial charge in [-0.1, -0.05) is 48.0 Å². The van der Waals surface area contributed by atoms with E-state index in [1.807, 2.05) is 54.6 Å². The van der Waals surface area contributed by atoms with Gasteiger partial charge in [-0.3, -0.25) is 9.36 Å². The highest BCUT2D eigenvalue weighted by Crippen LogP contribution is 2.25. The summed E-state index contributed by atoms with van der Waals surface area (Å²) in [6.45, 7) is 0.358. The lowest BCUT2D eigenvalue weighted by atomic mass is 10.2. The maximum Gasteiger partial charge on any atom is 0.261 e. The molecule has 0 spiro atoms. The van der Waals surface area contributed by atoms with E-state index in [9.17, 15) is 4.79 Å². The van der Waals surface area contributed by atoms with E-state index in [1.54, 1.807) is 29.1 Å². The number of rotatable bonds is 4. The van der Waals surface area contributed by atoms with Crippen molar-refractivity contribution < 1.29 is 4.74 Å². The number of fused-ring (bicyclic) bond motifs is 1. The van der Waals surface area contributed by atoms with Crippen molar-refractivity contribution in [3.63, 3.8) is 0 Å². The minimum Gasteiger partial charge on any atom is -0.457 e. The van der Waals surface area contributed by atoms with E-state index in [0.29, 0.717) is 28.2 Å². The molecule has 5 heteroatoms. The van der Waals surface area contributed by atoms with Gasteiger partial charge in [0.05, 0.1) is 23.8 Å². The second-order valence-electron chi connectivity index (χ2n) is 5.86. The second kappa shape index (κ2) is 7.02. The van der Waals surface area contributed by atoms with Gasteiger partial charge in [0, 0.05) is 10.6 Å². The van der Waals surface area contributed by atoms with E-state index in [0.717, 1.165) is 11.3 Å². The Labute approximate surface area is 155 Å². The highest BCUT2D eigenvalue weighted by Gasteiger charge is 2.09. The summed E-state index contributed by atoms with van der Waals surface area (Å²) >= 11 is 6.02. The van der Waals surface area contributed by atoms with Crippen LogP contribution in [0.5, 0.6) is 11.5 Å². The summed E-state index contributed by atoms with van der Waals surface area (Å²) in [4.78, 5) is 17.1. The first kappa shape index (κ1) is 16.4. The summed E-state index contributed by atoms with van der Waals surface area (Å²) in [5.41, 5.74) is 1.39. The van der Waals surface area contributed by atoms with E-state index in [2.05, 4.69) is 4.98 Å². The van der Waals surface area contributed by atoms with Gasteiger partial charge in [0.1, 0.15) is 11.5 Å². The second-order valence-corrected chi connectivity index (χ2v) is 6.30. The maximum atomic E-state index is 12.8. The summed E-state index contributed by atoms with van der Waals surface area (Å²) in [6, 6.07) is 22.3. The summed E-state index contributed by atoms with van der Waals surface area (Å²) in [6.07, 6.45) is 1.55. The van der Waals surface area contributed by atoms with E-state index in [4.69, 9.17) is 16.3 Å². The molecule has 4 nitrogen and oxygen atoms in total. The van der Waals surface area contributed by atoms with Gasteiger partial charge >= 0.3 is 0 Å². The molecule has 1 heterocycles. The van der Waals surface area contributed by atoms with Gasteiger partial charge in [-0.05, 0) is 36.4 Å². The number of halogens is 1. The number of hydrogen-bond donors (Lipinski definition) is 0. The molecule has 128 valence electrons. The molecule has 0 aliphatic heterocycles. The van der Waals surface area contributed by atoms with E-state index in [1.165, 1.54) is 0 Å². The lowest BCUT2D eigenvalue weighted by molar-refractivity contribution is 0.473. The molecule has 0 atom stereocenters. The summed E-state index contributed by atoms with van der Waals surface area (Å²) in [5, 5.41) is 1.02. The highest BCUT2D eigenvalue weighted by atomic mass is 35.5. The Bertz CT molecular complexity index is 1120. The van der Waals surface area contributed by atoms with Crippen LogP contribution in [0.25, 0.3) is 10.9 Å². The molecular weight excluding hydrogens is 348 g/mol. The Morgan fingerprint density at radius 3 is 2.58 bits per heavy atom. The largest absolute Gasteiger partial charge is 0.457 e. The Balaban J connectivity index is 1.71. The van der Waals surface area contributed by atoms with Crippen LogP contribution in [0, 0.1) is 0 Å². The Hall–Kier alpha value is -3.11. The van der Waals surface area contributed by atoms with Crippen molar-refractivity contribution in [1.29, 1.82) is 0 Å². The Morgan fingerprint density at radius 2 is 1.73 bits per heavy atom. The third-order valence-electron chi connectivity index (χ3n) is 4.07. The van der Waals surface area contributed by atoms with E-state index >= 15 is 0 Å². The molecule has 0 amide bonds. The van der Waals surface area contributed by atoms with Crippen LogP contribution in [0.2, 0.25) is 5.02 Å². The molecule has 1 aromatic heterocycles. The zero-order valence-electron chi connectivity index (χ0n) is 13.8. The van der Waals surface area contributed by atoms with E-state index < -0.39 is 0 Å². The number of nitrogens with zero attached hydrogens (tertiary/aromatic N) is 2. The number of ether oxygens (including phenoxy) is 1. The molecule has 0 saturated carbocycles. The maximum absolute atomic E-state index is 12.8. The normalized spacial score (nSPS) is 10.8. The fourth-order valence-corrected chi connectivity index (χ4v) is 2.95. The molecule has 0 saturated heterocycles. The van der Waals surface area contributed by atoms with Crippen molar-refractivity contribution in [3.05, 3.63) is 100 Å². The molecule has 3 aromatic carbocycles. The molecule has 0 bridgehead atoms. The van der Waals surface area contributed by atoms with Gasteiger partial charge in [-0.2, -0.15) is 0 Å². The van der Waals surface area contributed by atoms with Crippen molar-refractivity contribution in [3.8, 4) is 11.5 Å². The average Bonchev–Trinajstić information content (AvgIpc) is 2.67. The predicted molar refractivity (Wildman–Crippen MR) is 103 cm³/mol. The molecule has 0 fully saturated rings. The number of hydrogen-bond acceptors (Lipinski definition) is 3. The number of aromatic nitrogens is 2. The molecule has 4 aromatic rings. The van der Waals surface area contributed by atoms with Crippen LogP contribution in [0.15, 0.2) is 83.9 Å². The lowest BCUT2D eigenvalue weighted by Crippen LogP contribution is -2.21. The Kier molecular flexibility index (Phi) is 4.42. The lowest BCUT2D eigenvalue weighted by Gasteiger charge is -2.12. The summed E-state index contributed by atoms with van der Waals surface area (Å²) in [5.74, 6) is 1.45. The van der Waals surface area contributed by atoms with Crippen LogP contribution in [-0.2, 0) is 6.54 Å². The molecule has 26 heavy (non-hydrogen) atoms. The van der Waals surface area contributed by atoms with E-state index in [-0.39, 0.29) is 5.56 Å². The van der Waals surface area contributed by atoms with Crippen molar-refractivity contribution in [2.45, 2.75) is 6.54 Å². The van der Waals surface area contributed by atoms with Crippen LogP contribution in [0.1, 0.15) is 5.56 Å². The van der Waals surface area contributed by atoms with Crippen molar-refractivity contribution in [2.75, 3.05) is 0 Å². The number of para-hydroxylation sites is 2. The molecule has 0 radical (unpaired) electrons. The van der Waals surface area contributed by atoms with Crippen LogP contribution < -0.4 is 10.3 Å². The first-order valence-electron chi connectivity index (χ1n) is 8.16. The molecule has 4 rings (SSSR count). The zero-order chi connectivity index (χ0) is 17.9. The quantitative estimate of drug-likeness (QED) is 0.519. The number of benzene rings is 3. The fraction of sp³-hybridized carbons (Fsp3) is 0.0476. The van der Waals surface area contributed by atoms with Crippen LogP contribution in [0.4, 0.5) is 0 Å². The molecular formula is C21H15ClN2O2. The van der Waals surface area contributed by atoms with Gasteiger partial charge in [0.2, 0.25) is 0 Å². The van der Waals surface area contributed by atoms with Crippen molar-refractivity contribution in [1.82, 2.24) is 9.55 Å². The van der Waals surface area contributed by atoms with Gasteiger partial charge < -0.3 is 4.74 Å². The third-order valence-corrected chi connectivity index (χ3v) is 4.31. The van der Waals surface area contributed by atoms with Crippen LogP contribution in [0.3, 0.4) is 0 Å². The minimum absolute atomic E-state index is 0.132. The molecule has 0 aliphatic carbocycles. The van der Waals surface area contributed by atoms with Gasteiger partial charge in [0.25, 0.3) is 5.56 Å². The van der Waals surface area contributed by atoms with Gasteiger partial charge in [-0.15, -0.1) is 0 Å². The first-order valence-corrected chi connectivity index (χ1v) is 8.54. The topological polar surface area (TPSA) is 44.1 Å².